The number of aliphatic hydroxyl groups is 1. The summed E-state index contributed by atoms with van der Waals surface area (Å²) in [5.74, 6) is -1.57. The first kappa shape index (κ1) is 49.1. The minimum atomic E-state index is -4.61. The van der Waals surface area contributed by atoms with Crippen molar-refractivity contribution in [2.24, 2.45) is 0 Å². The highest BCUT2D eigenvalue weighted by molar-refractivity contribution is 7.51. The van der Waals surface area contributed by atoms with Gasteiger partial charge >= 0.3 is 25.8 Å². The van der Waals surface area contributed by atoms with Crippen molar-refractivity contribution in [3.8, 4) is 0 Å². The summed E-state index contributed by atoms with van der Waals surface area (Å²) < 4.78 is 59.8. The number of fused-ring (bicyclic) bond motifs is 1. The van der Waals surface area contributed by atoms with E-state index in [0.717, 1.165) is 44.1 Å². The highest BCUT2D eigenvalue weighted by Gasteiger charge is 2.48. The first-order valence-electron chi connectivity index (χ1n) is 22.0. The Hall–Kier alpha value is -3.53. The fourth-order valence-electron chi connectivity index (χ4n) is 7.12. The lowest BCUT2D eigenvalue weighted by Gasteiger charge is -2.31. The molecule has 1 aliphatic heterocycles. The summed E-state index contributed by atoms with van der Waals surface area (Å²) in [6.45, 7) is 7.15. The number of ether oxygens (including phenoxy) is 3. The smallest absolute Gasteiger partial charge is 0.407 e. The molecule has 1 aromatic carbocycles. The van der Waals surface area contributed by atoms with Gasteiger partial charge in [0.05, 0.1) is 32.3 Å². The van der Waals surface area contributed by atoms with Gasteiger partial charge in [-0.3, -0.25) is 18.4 Å². The van der Waals surface area contributed by atoms with Gasteiger partial charge in [-0.05, 0) is 38.7 Å². The molecule has 0 amide bonds. The Balaban J connectivity index is 1.46. The molecule has 15 nitrogen and oxygen atoms in total. The maximum atomic E-state index is 14.8. The average Bonchev–Trinajstić information content (AvgIpc) is 3.78. The van der Waals surface area contributed by atoms with Crippen LogP contribution in [0.3, 0.4) is 0 Å². The minimum Gasteiger partial charge on any atom is -0.465 e. The van der Waals surface area contributed by atoms with E-state index in [2.05, 4.69) is 33.9 Å². The van der Waals surface area contributed by atoms with Crippen LogP contribution in [0, 0.1) is 6.08 Å². The van der Waals surface area contributed by atoms with E-state index in [-0.39, 0.29) is 43.0 Å². The van der Waals surface area contributed by atoms with Crippen LogP contribution >= 0.6 is 7.75 Å². The van der Waals surface area contributed by atoms with Crippen LogP contribution in [0.1, 0.15) is 149 Å². The molecule has 3 aromatic rings. The van der Waals surface area contributed by atoms with Crippen LogP contribution in [0.4, 0.5) is 10.2 Å². The SMILES string of the molecule is CCCCCCCCCCOC(=O)[C@H](Cc1ccccc1)NP(=O)(OC[C@@]1(C)O[C@@H](n2cnc3c(N)nc(F)nc32)C[C@@H]1O)O[C@@H](C)C(=O)OCCCCCCCCCC. The second-order valence-electron chi connectivity index (χ2n) is 16.0. The minimum absolute atomic E-state index is 0.00139. The van der Waals surface area contributed by atoms with Crippen molar-refractivity contribution in [2.75, 3.05) is 25.6 Å². The fraction of sp³-hybridized carbons (Fsp3) is 0.698. The normalized spacial score (nSPS) is 19.9. The number of nitrogens with zero attached hydrogens (tertiary/aromatic N) is 4. The van der Waals surface area contributed by atoms with Gasteiger partial charge in [0, 0.05) is 6.42 Å². The third-order valence-corrected chi connectivity index (χ3v) is 12.5. The monoisotopic (exact) mass is 862 g/mol. The highest BCUT2D eigenvalue weighted by atomic mass is 31.2. The molecule has 1 saturated heterocycles. The average molecular weight is 863 g/mol. The molecule has 0 saturated carbocycles. The molecule has 4 N–H and O–H groups in total. The molecule has 1 fully saturated rings. The number of imidazole rings is 1. The van der Waals surface area contributed by atoms with Crippen LogP contribution in [0.2, 0.25) is 0 Å². The molecule has 4 rings (SSSR count). The Labute approximate surface area is 354 Å². The molecule has 0 spiro atoms. The lowest BCUT2D eigenvalue weighted by molar-refractivity contribution is -0.152. The van der Waals surface area contributed by atoms with Crippen molar-refractivity contribution in [1.29, 1.82) is 0 Å². The number of carbonyl (C=O) groups excluding carboxylic acids is 2. The predicted octanol–water partition coefficient (Wildman–Crippen LogP) is 8.68. The van der Waals surface area contributed by atoms with E-state index in [1.165, 1.54) is 69.2 Å². The third kappa shape index (κ3) is 15.7. The van der Waals surface area contributed by atoms with Crippen LogP contribution in [0.15, 0.2) is 36.7 Å². The molecule has 0 aliphatic carbocycles. The topological polar surface area (TPSA) is 199 Å². The number of carbonyl (C=O) groups is 2. The molecule has 2 aromatic heterocycles. The Kier molecular flexibility index (Phi) is 20.8. The summed E-state index contributed by atoms with van der Waals surface area (Å²) >= 11 is 0. The van der Waals surface area contributed by atoms with Gasteiger partial charge in [-0.1, -0.05) is 134 Å². The van der Waals surface area contributed by atoms with Gasteiger partial charge in [0.2, 0.25) is 0 Å². The Morgan fingerprint density at radius 2 is 1.50 bits per heavy atom. The van der Waals surface area contributed by atoms with E-state index < -0.39 is 62.4 Å². The van der Waals surface area contributed by atoms with E-state index in [1.807, 2.05) is 30.3 Å². The zero-order chi connectivity index (χ0) is 43.4. The number of nitrogens with two attached hydrogens (primary N) is 1. The number of unbranched alkanes of at least 4 members (excludes halogenated alkanes) is 14. The van der Waals surface area contributed by atoms with Crippen molar-refractivity contribution >= 4 is 36.7 Å². The number of aromatic nitrogens is 4. The molecule has 0 bridgehead atoms. The second-order valence-corrected chi connectivity index (χ2v) is 17.7. The van der Waals surface area contributed by atoms with Crippen LogP contribution in [-0.4, -0.2) is 80.2 Å². The number of nitrogens with one attached hydrogen (secondary N) is 1. The van der Waals surface area contributed by atoms with E-state index in [1.54, 1.807) is 6.92 Å². The fourth-order valence-corrected chi connectivity index (χ4v) is 8.82. The lowest BCUT2D eigenvalue weighted by atomic mass is 10.0. The highest BCUT2D eigenvalue weighted by Crippen LogP contribution is 2.49. The van der Waals surface area contributed by atoms with Gasteiger partial charge in [0.15, 0.2) is 23.1 Å². The van der Waals surface area contributed by atoms with Crippen molar-refractivity contribution < 1.29 is 46.9 Å². The lowest BCUT2D eigenvalue weighted by Crippen LogP contribution is -2.43. The molecule has 17 heteroatoms. The Morgan fingerprint density at radius 3 is 2.10 bits per heavy atom. The number of nitrogen functional groups attached to an aromatic ring is 1. The van der Waals surface area contributed by atoms with Gasteiger partial charge in [0.1, 0.15) is 17.9 Å². The molecule has 60 heavy (non-hydrogen) atoms. The number of anilines is 1. The van der Waals surface area contributed by atoms with E-state index >= 15 is 0 Å². The maximum absolute atomic E-state index is 14.8. The van der Waals surface area contributed by atoms with E-state index in [9.17, 15) is 23.7 Å². The molecular formula is C43H68FN6O9P. The van der Waals surface area contributed by atoms with Crippen LogP contribution < -0.4 is 10.8 Å². The maximum Gasteiger partial charge on any atom is 0.407 e. The summed E-state index contributed by atoms with van der Waals surface area (Å²) in [5.41, 5.74) is 5.31. The molecule has 3 heterocycles. The number of hydrogen-bond acceptors (Lipinski definition) is 13. The number of aliphatic hydroxyl groups excluding tert-OH is 1. The van der Waals surface area contributed by atoms with E-state index in [0.29, 0.717) is 12.8 Å². The number of halogens is 1. The molecule has 336 valence electrons. The number of benzene rings is 1. The molecular weight excluding hydrogens is 794 g/mol. The number of rotatable bonds is 30. The van der Waals surface area contributed by atoms with Gasteiger partial charge in [-0.2, -0.15) is 14.4 Å². The molecule has 6 atom stereocenters. The van der Waals surface area contributed by atoms with Crippen molar-refractivity contribution in [1.82, 2.24) is 24.6 Å². The largest absolute Gasteiger partial charge is 0.465 e. The van der Waals surface area contributed by atoms with Crippen LogP contribution in [0.5, 0.6) is 0 Å². The van der Waals surface area contributed by atoms with Gasteiger partial charge < -0.3 is 25.1 Å². The quantitative estimate of drug-likeness (QED) is 0.0249. The van der Waals surface area contributed by atoms with Gasteiger partial charge in [-0.15, -0.1) is 0 Å². The summed E-state index contributed by atoms with van der Waals surface area (Å²) in [6.07, 6.45) is 14.1. The first-order chi connectivity index (χ1) is 28.9. The second kappa shape index (κ2) is 25.4. The van der Waals surface area contributed by atoms with Crippen molar-refractivity contribution in [2.45, 2.75) is 173 Å². The molecule has 0 radical (unpaired) electrons. The van der Waals surface area contributed by atoms with Gasteiger partial charge in [-0.25, -0.2) is 19.4 Å². The molecule has 1 aliphatic rings. The van der Waals surface area contributed by atoms with Crippen molar-refractivity contribution in [3.05, 3.63) is 48.3 Å². The summed E-state index contributed by atoms with van der Waals surface area (Å²) in [5, 5.41) is 14.1. The molecule has 1 unspecified atom stereocenters. The van der Waals surface area contributed by atoms with Crippen LogP contribution in [0.25, 0.3) is 11.2 Å². The summed E-state index contributed by atoms with van der Waals surface area (Å²) in [6, 6.07) is 7.93. The number of esters is 2. The standard InChI is InChI=1S/C43H68FN6O9P/c1-5-7-9-11-13-15-17-22-26-55-40(52)32(3)59-60(54,49-34(28-33-24-20-19-21-25-33)41(53)56-27-23-18-16-14-12-10-8-6-2)57-30-43(4)35(51)29-36(58-43)50-31-46-37-38(45)47-42(44)48-39(37)50/h19-21,24-25,31-32,34-36,51H,5-18,22-23,26-30H2,1-4H3,(H,49,54)(H2,45,47,48)/t32-,34-,35-,36+,43+,60?/m0/s1. The first-order valence-corrected chi connectivity index (χ1v) is 23.5. The predicted molar refractivity (Wildman–Crippen MR) is 227 cm³/mol. The third-order valence-electron chi connectivity index (χ3n) is 10.8. The Bertz CT molecular complexity index is 1790. The zero-order valence-electron chi connectivity index (χ0n) is 36.0. The number of hydrogen-bond donors (Lipinski definition) is 3. The van der Waals surface area contributed by atoms with Gasteiger partial charge in [0.25, 0.3) is 0 Å². The van der Waals surface area contributed by atoms with E-state index in [4.69, 9.17) is 29.0 Å². The summed E-state index contributed by atoms with van der Waals surface area (Å²) in [7, 11) is -4.61. The zero-order valence-corrected chi connectivity index (χ0v) is 36.9. The van der Waals surface area contributed by atoms with Crippen molar-refractivity contribution in [3.63, 3.8) is 0 Å². The Morgan fingerprint density at radius 1 is 0.933 bits per heavy atom. The summed E-state index contributed by atoms with van der Waals surface area (Å²) in [4.78, 5) is 38.4. The van der Waals surface area contributed by atoms with Crippen LogP contribution in [-0.2, 0) is 43.8 Å².